The third-order valence-corrected chi connectivity index (χ3v) is 2.62. The van der Waals surface area contributed by atoms with Gasteiger partial charge in [-0.15, -0.1) is 0 Å². The maximum atomic E-state index is 5.80. The van der Waals surface area contributed by atoms with E-state index in [-0.39, 0.29) is 0 Å². The summed E-state index contributed by atoms with van der Waals surface area (Å²) in [5, 5.41) is 1.73. The van der Waals surface area contributed by atoms with E-state index in [1.54, 1.807) is 5.01 Å². The molecule has 0 unspecified atom stereocenters. The largest absolute Gasteiger partial charge is 0.317 e. The first-order chi connectivity index (χ1) is 6.56. The van der Waals surface area contributed by atoms with Crippen LogP contribution in [0.1, 0.15) is 20.8 Å². The Morgan fingerprint density at radius 2 is 2.07 bits per heavy atom. The lowest BCUT2D eigenvalue weighted by Gasteiger charge is -2.21. The molecule has 0 aromatic heterocycles. The molecule has 0 saturated carbocycles. The van der Waals surface area contributed by atoms with Gasteiger partial charge < -0.3 is 5.01 Å². The predicted molar refractivity (Wildman–Crippen MR) is 60.5 cm³/mol. The molecule has 1 heterocycles. The lowest BCUT2D eigenvalue weighted by Crippen LogP contribution is -2.33. The van der Waals surface area contributed by atoms with Gasteiger partial charge in [0.25, 0.3) is 0 Å². The van der Waals surface area contributed by atoms with Crippen LogP contribution < -0.4 is 5.84 Å². The van der Waals surface area contributed by atoms with Crippen LogP contribution in [-0.2, 0) is 0 Å². The third-order valence-electron chi connectivity index (χ3n) is 2.62. The monoisotopic (exact) mass is 195 g/mol. The van der Waals surface area contributed by atoms with Crippen LogP contribution in [0.25, 0.3) is 0 Å². The fourth-order valence-corrected chi connectivity index (χ4v) is 1.71. The highest BCUT2D eigenvalue weighted by atomic mass is 15.4. The van der Waals surface area contributed by atoms with E-state index in [1.165, 1.54) is 11.3 Å². The SMILES string of the molecule is C/C=C\C1=C(N(C)N)CN(C(C)C)C1. The van der Waals surface area contributed by atoms with Crippen LogP contribution in [0.15, 0.2) is 23.4 Å². The zero-order chi connectivity index (χ0) is 10.7. The molecule has 3 heteroatoms. The molecule has 2 N–H and O–H groups in total. The minimum atomic E-state index is 0.577. The molecule has 0 spiro atoms. The Balaban J connectivity index is 2.79. The van der Waals surface area contributed by atoms with Crippen LogP contribution in [0.2, 0.25) is 0 Å². The molecule has 80 valence electrons. The van der Waals surface area contributed by atoms with Crippen molar-refractivity contribution in [2.75, 3.05) is 20.1 Å². The summed E-state index contributed by atoms with van der Waals surface area (Å²) in [5.74, 6) is 5.80. The van der Waals surface area contributed by atoms with Crippen LogP contribution in [0.4, 0.5) is 0 Å². The van der Waals surface area contributed by atoms with E-state index in [9.17, 15) is 0 Å². The zero-order valence-electron chi connectivity index (χ0n) is 9.62. The number of likely N-dealkylation sites (N-methyl/N-ethyl adjacent to an activating group) is 1. The molecule has 1 aliphatic rings. The van der Waals surface area contributed by atoms with E-state index in [4.69, 9.17) is 5.84 Å². The summed E-state index contributed by atoms with van der Waals surface area (Å²) in [7, 11) is 1.91. The number of allylic oxidation sites excluding steroid dienone is 1. The number of rotatable bonds is 3. The van der Waals surface area contributed by atoms with Crippen molar-refractivity contribution in [3.8, 4) is 0 Å². The zero-order valence-corrected chi connectivity index (χ0v) is 9.62. The van der Waals surface area contributed by atoms with E-state index in [2.05, 4.69) is 30.9 Å². The third kappa shape index (κ3) is 2.36. The highest BCUT2D eigenvalue weighted by molar-refractivity contribution is 5.31. The molecule has 0 amide bonds. The molecule has 14 heavy (non-hydrogen) atoms. The van der Waals surface area contributed by atoms with Crippen molar-refractivity contribution in [1.82, 2.24) is 9.91 Å². The van der Waals surface area contributed by atoms with E-state index in [1.807, 2.05) is 14.0 Å². The summed E-state index contributed by atoms with van der Waals surface area (Å²) >= 11 is 0. The van der Waals surface area contributed by atoms with Crippen LogP contribution in [-0.4, -0.2) is 36.1 Å². The van der Waals surface area contributed by atoms with Crippen LogP contribution >= 0.6 is 0 Å². The first-order valence-corrected chi connectivity index (χ1v) is 5.13. The molecule has 0 fully saturated rings. The normalized spacial score (nSPS) is 19.0. The molecule has 0 aliphatic carbocycles. The van der Waals surface area contributed by atoms with Gasteiger partial charge in [0.1, 0.15) is 0 Å². The first kappa shape index (κ1) is 11.3. The Labute approximate surface area is 86.8 Å². The van der Waals surface area contributed by atoms with Crippen LogP contribution in [0.3, 0.4) is 0 Å². The summed E-state index contributed by atoms with van der Waals surface area (Å²) in [5.41, 5.74) is 2.57. The summed E-state index contributed by atoms with van der Waals surface area (Å²) in [6.45, 7) is 8.45. The van der Waals surface area contributed by atoms with Crippen molar-refractivity contribution < 1.29 is 0 Å². The van der Waals surface area contributed by atoms with Gasteiger partial charge in [-0.05, 0) is 26.3 Å². The van der Waals surface area contributed by atoms with Crippen molar-refractivity contribution in [3.05, 3.63) is 23.4 Å². The van der Waals surface area contributed by atoms with Crippen LogP contribution in [0, 0.1) is 0 Å². The van der Waals surface area contributed by atoms with Gasteiger partial charge >= 0.3 is 0 Å². The minimum Gasteiger partial charge on any atom is -0.317 e. The second kappa shape index (κ2) is 4.62. The Morgan fingerprint density at radius 1 is 1.43 bits per heavy atom. The first-order valence-electron chi connectivity index (χ1n) is 5.13. The number of hydrogen-bond acceptors (Lipinski definition) is 3. The molecule has 0 saturated heterocycles. The van der Waals surface area contributed by atoms with Crippen molar-refractivity contribution in [3.63, 3.8) is 0 Å². The van der Waals surface area contributed by atoms with Crippen LogP contribution in [0.5, 0.6) is 0 Å². The van der Waals surface area contributed by atoms with Gasteiger partial charge in [0.05, 0.1) is 0 Å². The smallest absolute Gasteiger partial charge is 0.0473 e. The second-order valence-corrected chi connectivity index (χ2v) is 4.08. The molecule has 3 nitrogen and oxygen atoms in total. The summed E-state index contributed by atoms with van der Waals surface area (Å²) in [6, 6.07) is 0.577. The van der Waals surface area contributed by atoms with Crippen molar-refractivity contribution in [2.45, 2.75) is 26.8 Å². The molecule has 1 rings (SSSR count). The molecule has 0 aromatic rings. The van der Waals surface area contributed by atoms with Crippen molar-refractivity contribution >= 4 is 0 Å². The van der Waals surface area contributed by atoms with Gasteiger partial charge in [-0.3, -0.25) is 4.90 Å². The maximum absolute atomic E-state index is 5.80. The average Bonchev–Trinajstić information content (AvgIpc) is 2.49. The van der Waals surface area contributed by atoms with E-state index in [0.717, 1.165) is 13.1 Å². The molecule has 1 aliphatic heterocycles. The number of hydrogen-bond donors (Lipinski definition) is 1. The fraction of sp³-hybridized carbons (Fsp3) is 0.636. The highest BCUT2D eigenvalue weighted by Gasteiger charge is 2.23. The predicted octanol–water partition coefficient (Wildman–Crippen LogP) is 1.35. The van der Waals surface area contributed by atoms with E-state index < -0.39 is 0 Å². The molecule has 0 bridgehead atoms. The lowest BCUT2D eigenvalue weighted by atomic mass is 10.2. The van der Waals surface area contributed by atoms with Gasteiger partial charge in [-0.25, -0.2) is 5.84 Å². The number of nitrogens with zero attached hydrogens (tertiary/aromatic N) is 2. The van der Waals surface area contributed by atoms with Gasteiger partial charge in [0.2, 0.25) is 0 Å². The molecule has 0 aromatic carbocycles. The minimum absolute atomic E-state index is 0.577. The van der Waals surface area contributed by atoms with Crippen molar-refractivity contribution in [1.29, 1.82) is 0 Å². The fourth-order valence-electron chi connectivity index (χ4n) is 1.71. The molecule has 0 radical (unpaired) electrons. The van der Waals surface area contributed by atoms with Gasteiger partial charge in [0, 0.05) is 31.9 Å². The molecular formula is C11H21N3. The number of nitrogens with two attached hydrogens (primary N) is 1. The summed E-state index contributed by atoms with van der Waals surface area (Å²) in [6.07, 6.45) is 4.23. The Hall–Kier alpha value is -0.800. The Bertz CT molecular complexity index is 251. The molecule has 0 atom stereocenters. The maximum Gasteiger partial charge on any atom is 0.0473 e. The summed E-state index contributed by atoms with van der Waals surface area (Å²) < 4.78 is 0. The average molecular weight is 195 g/mol. The Morgan fingerprint density at radius 3 is 2.50 bits per heavy atom. The van der Waals surface area contributed by atoms with E-state index >= 15 is 0 Å². The number of hydrazine groups is 1. The molecular weight excluding hydrogens is 174 g/mol. The highest BCUT2D eigenvalue weighted by Crippen LogP contribution is 2.21. The van der Waals surface area contributed by atoms with Gasteiger partial charge in [-0.1, -0.05) is 12.2 Å². The van der Waals surface area contributed by atoms with Crippen molar-refractivity contribution in [2.24, 2.45) is 5.84 Å². The quantitative estimate of drug-likeness (QED) is 0.545. The summed E-state index contributed by atoms with van der Waals surface area (Å²) in [4.78, 5) is 2.41. The lowest BCUT2D eigenvalue weighted by molar-refractivity contribution is 0.265. The topological polar surface area (TPSA) is 32.5 Å². The second-order valence-electron chi connectivity index (χ2n) is 4.08. The standard InChI is InChI=1S/C11H21N3/c1-5-6-10-7-14(9(2)3)8-11(10)13(4)12/h5-6,9H,7-8,12H2,1-4H3/b6-5-. The van der Waals surface area contributed by atoms with Gasteiger partial charge in [-0.2, -0.15) is 0 Å². The van der Waals surface area contributed by atoms with E-state index in [0.29, 0.717) is 6.04 Å². The Kier molecular flexibility index (Phi) is 3.72. The van der Waals surface area contributed by atoms with Gasteiger partial charge in [0.15, 0.2) is 0 Å².